The zero-order valence-electron chi connectivity index (χ0n) is 10.7. The summed E-state index contributed by atoms with van der Waals surface area (Å²) in [5, 5.41) is 28.0. The minimum absolute atomic E-state index is 0.0489. The maximum absolute atomic E-state index is 9.19. The van der Waals surface area contributed by atoms with E-state index in [0.29, 0.717) is 10.7 Å². The van der Waals surface area contributed by atoms with Crippen LogP contribution in [-0.4, -0.2) is 16.8 Å². The van der Waals surface area contributed by atoms with E-state index in [0.717, 1.165) is 11.8 Å². The third-order valence-electron chi connectivity index (χ3n) is 2.62. The van der Waals surface area contributed by atoms with Gasteiger partial charge in [0.15, 0.2) is 0 Å². The molecule has 7 heteroatoms. The number of nitriles is 3. The van der Waals surface area contributed by atoms with Crippen LogP contribution in [0.5, 0.6) is 0 Å². The Bertz CT molecular complexity index is 756. The molecule has 0 bridgehead atoms. The van der Waals surface area contributed by atoms with E-state index in [1.54, 1.807) is 30.3 Å². The number of nitrogens with two attached hydrogens (primary N) is 1. The van der Waals surface area contributed by atoms with Gasteiger partial charge >= 0.3 is 0 Å². The average Bonchev–Trinajstić information content (AvgIpc) is 2.64. The van der Waals surface area contributed by atoms with Crippen LogP contribution in [0.15, 0.2) is 50.9 Å². The topological polar surface area (TPSA) is 122 Å². The Morgan fingerprint density at radius 2 is 1.81 bits per heavy atom. The minimum Gasteiger partial charge on any atom is -0.392 e. The van der Waals surface area contributed by atoms with Crippen LogP contribution in [0.2, 0.25) is 0 Å². The lowest BCUT2D eigenvalue weighted by Crippen LogP contribution is -2.26. The van der Waals surface area contributed by atoms with Crippen LogP contribution >= 0.6 is 11.8 Å². The van der Waals surface area contributed by atoms with Gasteiger partial charge in [-0.25, -0.2) is 9.98 Å². The van der Waals surface area contributed by atoms with Gasteiger partial charge in [0.2, 0.25) is 0 Å². The zero-order valence-corrected chi connectivity index (χ0v) is 11.5. The predicted octanol–water partition coefficient (Wildman–Crippen LogP) is 2.01. The molecular formula is C14H8N6S. The van der Waals surface area contributed by atoms with Crippen molar-refractivity contribution < 1.29 is 0 Å². The molecule has 21 heavy (non-hydrogen) atoms. The van der Waals surface area contributed by atoms with E-state index in [4.69, 9.17) is 11.0 Å². The number of rotatable bonds is 1. The van der Waals surface area contributed by atoms with Crippen molar-refractivity contribution in [3.8, 4) is 18.2 Å². The predicted molar refractivity (Wildman–Crippen MR) is 80.4 cm³/mol. The van der Waals surface area contributed by atoms with Gasteiger partial charge in [0.25, 0.3) is 5.54 Å². The molecule has 0 saturated carbocycles. The molecule has 2 rings (SSSR count). The molecule has 1 aromatic carbocycles. The first-order valence-electron chi connectivity index (χ1n) is 5.75. The first kappa shape index (κ1) is 14.3. The fourth-order valence-corrected chi connectivity index (χ4v) is 2.37. The highest BCUT2D eigenvalue weighted by Gasteiger charge is 2.38. The van der Waals surface area contributed by atoms with Crippen LogP contribution in [-0.2, 0) is 0 Å². The van der Waals surface area contributed by atoms with Gasteiger partial charge in [0, 0.05) is 0 Å². The molecule has 0 unspecified atom stereocenters. The van der Waals surface area contributed by atoms with Gasteiger partial charge in [-0.2, -0.15) is 15.8 Å². The molecule has 0 amide bonds. The third-order valence-corrected chi connectivity index (χ3v) is 3.45. The molecule has 0 aromatic heterocycles. The summed E-state index contributed by atoms with van der Waals surface area (Å²) in [6, 6.07) is 14.4. The maximum atomic E-state index is 9.19. The number of nitrogens with zero attached hydrogens (tertiary/aromatic N) is 5. The molecule has 0 atom stereocenters. The van der Waals surface area contributed by atoms with Crippen LogP contribution in [0.1, 0.15) is 0 Å². The monoisotopic (exact) mass is 292 g/mol. The van der Waals surface area contributed by atoms with Crippen LogP contribution in [0.3, 0.4) is 0 Å². The molecule has 0 spiro atoms. The molecule has 100 valence electrons. The second-order valence-corrected chi connectivity index (χ2v) is 4.99. The van der Waals surface area contributed by atoms with E-state index in [-0.39, 0.29) is 10.6 Å². The van der Waals surface area contributed by atoms with E-state index in [2.05, 4.69) is 9.98 Å². The van der Waals surface area contributed by atoms with Crippen molar-refractivity contribution >= 4 is 28.7 Å². The number of benzene rings is 1. The fraction of sp³-hybridized carbons (Fsp3) is 0.0714. The Balaban J connectivity index is 2.54. The third kappa shape index (κ3) is 2.76. The highest BCUT2D eigenvalue weighted by molar-refractivity contribution is 8.18. The smallest absolute Gasteiger partial charge is 0.269 e. The first-order valence-corrected chi connectivity index (χ1v) is 6.56. The summed E-state index contributed by atoms with van der Waals surface area (Å²) in [7, 11) is 0. The molecule has 6 nitrogen and oxygen atoms in total. The first-order chi connectivity index (χ1) is 10.1. The van der Waals surface area contributed by atoms with E-state index < -0.39 is 5.54 Å². The SMILES string of the molecule is N#CC1=C(N)SC(=Nc2ccccc2)C=NC1(C#N)C#N. The van der Waals surface area contributed by atoms with Crippen molar-refractivity contribution in [1.29, 1.82) is 15.8 Å². The lowest BCUT2D eigenvalue weighted by Gasteiger charge is -2.10. The number of thioether (sulfide) groups is 1. The quantitative estimate of drug-likeness (QED) is 0.848. The summed E-state index contributed by atoms with van der Waals surface area (Å²) in [5.41, 5.74) is 4.41. The van der Waals surface area contributed by atoms with Gasteiger partial charge in [0.1, 0.15) is 28.8 Å². The Labute approximate surface area is 125 Å². The Hall–Kier alpha value is -3.08. The van der Waals surface area contributed by atoms with Crippen molar-refractivity contribution in [2.24, 2.45) is 15.7 Å². The lowest BCUT2D eigenvalue weighted by molar-refractivity contribution is 0.825. The number of aliphatic imine (C=N–C) groups is 2. The summed E-state index contributed by atoms with van der Waals surface area (Å²) >= 11 is 1.00. The summed E-state index contributed by atoms with van der Waals surface area (Å²) in [4.78, 5) is 8.23. The summed E-state index contributed by atoms with van der Waals surface area (Å²) < 4.78 is 0. The molecule has 0 saturated heterocycles. The van der Waals surface area contributed by atoms with Crippen molar-refractivity contribution in [2.75, 3.05) is 0 Å². The molecule has 0 radical (unpaired) electrons. The summed E-state index contributed by atoms with van der Waals surface area (Å²) in [6.45, 7) is 0. The molecule has 1 aromatic rings. The molecule has 2 N–H and O–H groups in total. The van der Waals surface area contributed by atoms with Crippen molar-refractivity contribution in [1.82, 2.24) is 0 Å². The highest BCUT2D eigenvalue weighted by atomic mass is 32.2. The van der Waals surface area contributed by atoms with E-state index in [1.807, 2.05) is 18.2 Å². The molecular weight excluding hydrogens is 284 g/mol. The Morgan fingerprint density at radius 1 is 1.14 bits per heavy atom. The average molecular weight is 292 g/mol. The number of hydrogen-bond donors (Lipinski definition) is 1. The van der Waals surface area contributed by atoms with Crippen LogP contribution in [0, 0.1) is 34.0 Å². The van der Waals surface area contributed by atoms with Gasteiger partial charge < -0.3 is 5.73 Å². The van der Waals surface area contributed by atoms with E-state index >= 15 is 0 Å². The van der Waals surface area contributed by atoms with Crippen molar-refractivity contribution in [3.63, 3.8) is 0 Å². The number of hydrogen-bond acceptors (Lipinski definition) is 7. The summed E-state index contributed by atoms with van der Waals surface area (Å²) in [6.07, 6.45) is 1.29. The van der Waals surface area contributed by atoms with Crippen LogP contribution in [0.25, 0.3) is 0 Å². The largest absolute Gasteiger partial charge is 0.392 e. The molecule has 1 heterocycles. The van der Waals surface area contributed by atoms with Crippen LogP contribution in [0.4, 0.5) is 5.69 Å². The van der Waals surface area contributed by atoms with Gasteiger partial charge in [-0.1, -0.05) is 18.2 Å². The number of para-hydroxylation sites is 1. The van der Waals surface area contributed by atoms with Gasteiger partial charge in [-0.05, 0) is 23.9 Å². The second-order valence-electron chi connectivity index (χ2n) is 3.93. The molecule has 0 fully saturated rings. The standard InChI is InChI=1S/C14H8N6S/c15-6-11-13(18)21-12(7-19-14(11,8-16)9-17)20-10-4-2-1-3-5-10/h1-5,7H,18H2. The lowest BCUT2D eigenvalue weighted by atomic mass is 9.95. The molecule has 0 aliphatic carbocycles. The second kappa shape index (κ2) is 5.92. The Kier molecular flexibility index (Phi) is 4.04. The van der Waals surface area contributed by atoms with E-state index in [1.165, 1.54) is 6.21 Å². The summed E-state index contributed by atoms with van der Waals surface area (Å²) in [5.74, 6) is 0. The minimum atomic E-state index is -1.92. The normalized spacial score (nSPS) is 18.4. The van der Waals surface area contributed by atoms with Gasteiger partial charge in [0.05, 0.1) is 16.9 Å². The van der Waals surface area contributed by atoms with Gasteiger partial charge in [-0.15, -0.1) is 0 Å². The van der Waals surface area contributed by atoms with Gasteiger partial charge in [-0.3, -0.25) is 0 Å². The fourth-order valence-electron chi connectivity index (χ4n) is 1.60. The molecule has 1 aliphatic rings. The Morgan fingerprint density at radius 3 is 2.38 bits per heavy atom. The van der Waals surface area contributed by atoms with Crippen LogP contribution < -0.4 is 5.73 Å². The zero-order chi connectivity index (χ0) is 15.3. The highest BCUT2D eigenvalue weighted by Crippen LogP contribution is 2.30. The van der Waals surface area contributed by atoms with Crippen molar-refractivity contribution in [3.05, 3.63) is 40.9 Å². The van der Waals surface area contributed by atoms with Crippen molar-refractivity contribution in [2.45, 2.75) is 5.54 Å². The maximum Gasteiger partial charge on any atom is 0.269 e. The molecule has 1 aliphatic heterocycles. The van der Waals surface area contributed by atoms with E-state index in [9.17, 15) is 10.5 Å².